The van der Waals surface area contributed by atoms with E-state index in [2.05, 4.69) is 12.2 Å². The van der Waals surface area contributed by atoms with E-state index in [1.165, 1.54) is 0 Å². The molecule has 0 bridgehead atoms. The largest absolute Gasteiger partial charge is 0.340 e. The lowest BCUT2D eigenvalue weighted by atomic mass is 9.88. The van der Waals surface area contributed by atoms with Gasteiger partial charge in [-0.1, -0.05) is 13.3 Å². The van der Waals surface area contributed by atoms with E-state index in [0.717, 1.165) is 45.1 Å². The molecule has 3 fully saturated rings. The van der Waals surface area contributed by atoms with Crippen LogP contribution in [-0.2, 0) is 9.59 Å². The highest BCUT2D eigenvalue weighted by atomic mass is 16.2. The first-order valence-corrected chi connectivity index (χ1v) is 7.71. The van der Waals surface area contributed by atoms with Gasteiger partial charge in [0, 0.05) is 6.54 Å². The van der Waals surface area contributed by atoms with Gasteiger partial charge in [-0.2, -0.15) is 0 Å². The second-order valence-electron chi connectivity index (χ2n) is 6.60. The van der Waals surface area contributed by atoms with Crippen molar-refractivity contribution in [3.8, 4) is 0 Å². The Morgan fingerprint density at radius 3 is 2.47 bits per heavy atom. The van der Waals surface area contributed by atoms with Gasteiger partial charge in [-0.3, -0.25) is 9.59 Å². The first-order valence-electron chi connectivity index (χ1n) is 7.71. The zero-order chi connectivity index (χ0) is 13.6. The number of amides is 2. The van der Waals surface area contributed by atoms with Crippen LogP contribution in [0.3, 0.4) is 0 Å². The average Bonchev–Trinajstić information content (AvgIpc) is 3.23. The molecular formula is C15H24N2O2. The van der Waals surface area contributed by atoms with E-state index in [1.807, 2.05) is 11.8 Å². The number of unbranched alkanes of at least 4 members (excludes halogenated alkanes) is 1. The fourth-order valence-electron chi connectivity index (χ4n) is 3.34. The Labute approximate surface area is 114 Å². The van der Waals surface area contributed by atoms with Gasteiger partial charge in [-0.15, -0.1) is 0 Å². The Bertz CT molecular complexity index is 401. The maximum atomic E-state index is 12.8. The smallest absolute Gasteiger partial charge is 0.249 e. The minimum Gasteiger partial charge on any atom is -0.340 e. The van der Waals surface area contributed by atoms with Gasteiger partial charge in [0.2, 0.25) is 11.8 Å². The molecule has 1 aliphatic heterocycles. The molecule has 2 unspecified atom stereocenters. The van der Waals surface area contributed by atoms with Crippen LogP contribution in [0, 0.1) is 11.8 Å². The van der Waals surface area contributed by atoms with Crippen LogP contribution in [0.4, 0.5) is 0 Å². The minimum atomic E-state index is -0.629. The number of hydrogen-bond acceptors (Lipinski definition) is 2. The SMILES string of the molecule is CCCCN1C(=O)C(C)(C2CC2)NC(=O)C1C1CC1. The van der Waals surface area contributed by atoms with Crippen molar-refractivity contribution in [2.75, 3.05) is 6.54 Å². The number of nitrogens with one attached hydrogen (secondary N) is 1. The maximum Gasteiger partial charge on any atom is 0.249 e. The highest BCUT2D eigenvalue weighted by Gasteiger charge is 2.57. The molecule has 1 saturated heterocycles. The van der Waals surface area contributed by atoms with Crippen molar-refractivity contribution in [1.82, 2.24) is 10.2 Å². The summed E-state index contributed by atoms with van der Waals surface area (Å²) in [4.78, 5) is 27.2. The summed E-state index contributed by atoms with van der Waals surface area (Å²) in [6.07, 6.45) is 6.37. The lowest BCUT2D eigenvalue weighted by molar-refractivity contribution is -0.156. The molecule has 19 heavy (non-hydrogen) atoms. The lowest BCUT2D eigenvalue weighted by Crippen LogP contribution is -2.70. The predicted molar refractivity (Wildman–Crippen MR) is 72.4 cm³/mol. The number of nitrogens with zero attached hydrogens (tertiary/aromatic N) is 1. The van der Waals surface area contributed by atoms with E-state index in [-0.39, 0.29) is 17.9 Å². The van der Waals surface area contributed by atoms with Gasteiger partial charge in [0.05, 0.1) is 0 Å². The number of rotatable bonds is 5. The van der Waals surface area contributed by atoms with Crippen molar-refractivity contribution in [1.29, 1.82) is 0 Å². The summed E-state index contributed by atoms with van der Waals surface area (Å²) in [5, 5.41) is 3.05. The average molecular weight is 264 g/mol. The summed E-state index contributed by atoms with van der Waals surface area (Å²) in [7, 11) is 0. The highest BCUT2D eigenvalue weighted by Crippen LogP contribution is 2.45. The van der Waals surface area contributed by atoms with Crippen LogP contribution < -0.4 is 5.32 Å². The molecule has 0 radical (unpaired) electrons. The Hall–Kier alpha value is -1.06. The van der Waals surface area contributed by atoms with Crippen molar-refractivity contribution >= 4 is 11.8 Å². The summed E-state index contributed by atoms with van der Waals surface area (Å²) in [6, 6.07) is -0.189. The van der Waals surface area contributed by atoms with Crippen LogP contribution in [0.25, 0.3) is 0 Å². The second-order valence-corrected chi connectivity index (χ2v) is 6.60. The van der Waals surface area contributed by atoms with E-state index in [9.17, 15) is 9.59 Å². The number of piperazine rings is 1. The molecule has 3 rings (SSSR count). The Kier molecular flexibility index (Phi) is 3.06. The van der Waals surface area contributed by atoms with Gasteiger partial charge in [0.25, 0.3) is 0 Å². The van der Waals surface area contributed by atoms with E-state index in [0.29, 0.717) is 11.8 Å². The molecule has 106 valence electrons. The van der Waals surface area contributed by atoms with Gasteiger partial charge in [-0.25, -0.2) is 0 Å². The third-order valence-electron chi connectivity index (χ3n) is 4.91. The fourth-order valence-corrected chi connectivity index (χ4v) is 3.34. The molecule has 2 amide bonds. The topological polar surface area (TPSA) is 49.4 Å². The molecule has 2 saturated carbocycles. The first-order chi connectivity index (χ1) is 9.08. The lowest BCUT2D eigenvalue weighted by Gasteiger charge is -2.45. The highest BCUT2D eigenvalue weighted by molar-refractivity contribution is 6.00. The van der Waals surface area contributed by atoms with E-state index < -0.39 is 5.54 Å². The van der Waals surface area contributed by atoms with Crippen LogP contribution in [0.2, 0.25) is 0 Å². The molecule has 0 aromatic carbocycles. The van der Waals surface area contributed by atoms with Crippen LogP contribution >= 0.6 is 0 Å². The summed E-state index contributed by atoms with van der Waals surface area (Å²) in [5.41, 5.74) is -0.629. The number of carbonyl (C=O) groups is 2. The molecule has 2 atom stereocenters. The summed E-state index contributed by atoms with van der Waals surface area (Å²) < 4.78 is 0. The maximum absolute atomic E-state index is 12.8. The molecule has 0 aromatic heterocycles. The third kappa shape index (κ3) is 2.15. The van der Waals surface area contributed by atoms with Gasteiger partial charge < -0.3 is 10.2 Å². The van der Waals surface area contributed by atoms with Gasteiger partial charge in [0.15, 0.2) is 0 Å². The Morgan fingerprint density at radius 2 is 1.95 bits per heavy atom. The molecule has 1 N–H and O–H groups in total. The first kappa shape index (κ1) is 12.9. The zero-order valence-electron chi connectivity index (χ0n) is 11.9. The van der Waals surface area contributed by atoms with E-state index in [4.69, 9.17) is 0 Å². The summed E-state index contributed by atoms with van der Waals surface area (Å²) in [6.45, 7) is 4.79. The van der Waals surface area contributed by atoms with E-state index >= 15 is 0 Å². The zero-order valence-corrected chi connectivity index (χ0v) is 11.9. The van der Waals surface area contributed by atoms with Crippen LogP contribution in [0.1, 0.15) is 52.4 Å². The quantitative estimate of drug-likeness (QED) is 0.821. The predicted octanol–water partition coefficient (Wildman–Crippen LogP) is 1.69. The van der Waals surface area contributed by atoms with Crippen molar-refractivity contribution in [2.45, 2.75) is 64.0 Å². The molecule has 2 aliphatic carbocycles. The van der Waals surface area contributed by atoms with Crippen molar-refractivity contribution < 1.29 is 9.59 Å². The van der Waals surface area contributed by atoms with Crippen molar-refractivity contribution in [3.05, 3.63) is 0 Å². The van der Waals surface area contributed by atoms with Crippen LogP contribution in [0.15, 0.2) is 0 Å². The number of hydrogen-bond donors (Lipinski definition) is 1. The molecule has 0 aromatic rings. The van der Waals surface area contributed by atoms with Gasteiger partial charge >= 0.3 is 0 Å². The third-order valence-corrected chi connectivity index (χ3v) is 4.91. The number of carbonyl (C=O) groups excluding carboxylic acids is 2. The van der Waals surface area contributed by atoms with Crippen LogP contribution in [-0.4, -0.2) is 34.8 Å². The summed E-state index contributed by atoms with van der Waals surface area (Å²) >= 11 is 0. The molecule has 4 heteroatoms. The normalized spacial score (nSPS) is 35.5. The molecule has 0 spiro atoms. The molecule has 3 aliphatic rings. The molecule has 1 heterocycles. The van der Waals surface area contributed by atoms with E-state index in [1.54, 1.807) is 0 Å². The Morgan fingerprint density at radius 1 is 1.26 bits per heavy atom. The second kappa shape index (κ2) is 4.50. The fraction of sp³-hybridized carbons (Fsp3) is 0.867. The monoisotopic (exact) mass is 264 g/mol. The molecular weight excluding hydrogens is 240 g/mol. The van der Waals surface area contributed by atoms with Crippen LogP contribution in [0.5, 0.6) is 0 Å². The molecule has 4 nitrogen and oxygen atoms in total. The van der Waals surface area contributed by atoms with Crippen molar-refractivity contribution in [3.63, 3.8) is 0 Å². The Balaban J connectivity index is 1.84. The minimum absolute atomic E-state index is 0.0904. The van der Waals surface area contributed by atoms with Gasteiger partial charge in [0.1, 0.15) is 11.6 Å². The summed E-state index contributed by atoms with van der Waals surface area (Å²) in [5.74, 6) is 1.02. The van der Waals surface area contributed by atoms with Gasteiger partial charge in [-0.05, 0) is 50.9 Å². The standard InChI is InChI=1S/C15H24N2O2/c1-3-4-9-17-12(10-5-6-10)13(18)16-15(2,14(17)19)11-7-8-11/h10-12H,3-9H2,1-2H3,(H,16,18). The van der Waals surface area contributed by atoms with Crippen molar-refractivity contribution in [2.24, 2.45) is 11.8 Å².